The van der Waals surface area contributed by atoms with Crippen molar-refractivity contribution in [3.63, 3.8) is 0 Å². The van der Waals surface area contributed by atoms with Gasteiger partial charge in [0.05, 0.1) is 29.6 Å². The molecular formula is C18H18F3N5O. The molecule has 0 bridgehead atoms. The summed E-state index contributed by atoms with van der Waals surface area (Å²) in [6.45, 7) is 0.734. The average molecular weight is 377 g/mol. The highest BCUT2D eigenvalue weighted by molar-refractivity contribution is 5.91. The second-order valence-corrected chi connectivity index (χ2v) is 6.84. The topological polar surface area (TPSA) is 75.9 Å². The number of hydrogen-bond donors (Lipinski definition) is 2. The predicted octanol–water partition coefficient (Wildman–Crippen LogP) is 3.10. The number of hydrogen-bond acceptors (Lipinski definition) is 5. The van der Waals surface area contributed by atoms with Gasteiger partial charge >= 0.3 is 6.18 Å². The number of aliphatic hydroxyl groups excluding tert-OH is 1. The van der Waals surface area contributed by atoms with Gasteiger partial charge in [0.15, 0.2) is 0 Å². The lowest BCUT2D eigenvalue weighted by Crippen LogP contribution is -2.28. The van der Waals surface area contributed by atoms with Crippen LogP contribution in [0.4, 0.5) is 19.0 Å². The van der Waals surface area contributed by atoms with E-state index >= 15 is 0 Å². The maximum absolute atomic E-state index is 13.2. The first kappa shape index (κ1) is 17.7. The first-order chi connectivity index (χ1) is 12.9. The Hall–Kier alpha value is -2.68. The van der Waals surface area contributed by atoms with E-state index in [-0.39, 0.29) is 22.9 Å². The number of para-hydroxylation sites is 1. The Morgan fingerprint density at radius 1 is 1.22 bits per heavy atom. The molecule has 142 valence electrons. The van der Waals surface area contributed by atoms with Gasteiger partial charge in [-0.1, -0.05) is 6.07 Å². The number of nitrogens with zero attached hydrogens (tertiary/aromatic N) is 4. The van der Waals surface area contributed by atoms with E-state index in [2.05, 4.69) is 20.3 Å². The maximum Gasteiger partial charge on any atom is 0.418 e. The summed E-state index contributed by atoms with van der Waals surface area (Å²) in [7, 11) is 0. The van der Waals surface area contributed by atoms with Crippen LogP contribution in [0, 0.1) is 5.92 Å². The van der Waals surface area contributed by atoms with Crippen molar-refractivity contribution >= 4 is 16.7 Å². The van der Waals surface area contributed by atoms with Crippen molar-refractivity contribution in [3.05, 3.63) is 48.8 Å². The Bertz CT molecular complexity index is 928. The van der Waals surface area contributed by atoms with Crippen molar-refractivity contribution in [2.24, 2.45) is 5.92 Å². The molecule has 1 aliphatic rings. The third-order valence-corrected chi connectivity index (χ3v) is 4.95. The third-order valence-electron chi connectivity index (χ3n) is 4.95. The molecule has 27 heavy (non-hydrogen) atoms. The average Bonchev–Trinajstić information content (AvgIpc) is 3.24. The first-order valence-corrected chi connectivity index (χ1v) is 8.63. The van der Waals surface area contributed by atoms with E-state index in [1.165, 1.54) is 6.07 Å². The second kappa shape index (κ2) is 6.80. The summed E-state index contributed by atoms with van der Waals surface area (Å²) in [5, 5.41) is 13.8. The molecule has 1 unspecified atom stereocenters. The molecule has 0 aliphatic heterocycles. The molecular weight excluding hydrogens is 359 g/mol. The Morgan fingerprint density at radius 3 is 2.81 bits per heavy atom. The normalized spacial score (nSPS) is 23.0. The molecule has 9 heteroatoms. The van der Waals surface area contributed by atoms with Crippen molar-refractivity contribution in [2.45, 2.75) is 37.7 Å². The van der Waals surface area contributed by atoms with Crippen LogP contribution in [-0.2, 0) is 12.7 Å². The quantitative estimate of drug-likeness (QED) is 0.731. The molecule has 0 radical (unpaired) electrons. The van der Waals surface area contributed by atoms with Crippen LogP contribution in [0.5, 0.6) is 0 Å². The van der Waals surface area contributed by atoms with Crippen molar-refractivity contribution in [2.75, 3.05) is 5.32 Å². The minimum absolute atomic E-state index is 0.148. The number of alkyl halides is 3. The Morgan fingerprint density at radius 2 is 2.07 bits per heavy atom. The largest absolute Gasteiger partial charge is 0.418 e. The Kier molecular flexibility index (Phi) is 4.47. The first-order valence-electron chi connectivity index (χ1n) is 8.63. The maximum atomic E-state index is 13.2. The molecule has 1 saturated carbocycles. The summed E-state index contributed by atoms with van der Waals surface area (Å²) in [5.74, 6) is 0.545. The number of aromatic nitrogens is 4. The SMILES string of the molecule is O[C@@H]1CC(Cn2ccnc2)C[C@H]1Nc1ncnc2c(C(F)(F)F)cccc12. The van der Waals surface area contributed by atoms with Gasteiger partial charge in [0, 0.05) is 24.3 Å². The highest BCUT2D eigenvalue weighted by Gasteiger charge is 2.35. The van der Waals surface area contributed by atoms with Crippen molar-refractivity contribution in [3.8, 4) is 0 Å². The van der Waals surface area contributed by atoms with Gasteiger partial charge in [-0.2, -0.15) is 13.2 Å². The summed E-state index contributed by atoms with van der Waals surface area (Å²) >= 11 is 0. The summed E-state index contributed by atoms with van der Waals surface area (Å²) in [6, 6.07) is 3.61. The molecule has 3 atom stereocenters. The molecule has 1 fully saturated rings. The van der Waals surface area contributed by atoms with E-state index in [0.717, 1.165) is 18.9 Å². The zero-order valence-electron chi connectivity index (χ0n) is 14.3. The van der Waals surface area contributed by atoms with E-state index in [1.54, 1.807) is 18.6 Å². The number of rotatable bonds is 4. The van der Waals surface area contributed by atoms with Gasteiger partial charge in [-0.3, -0.25) is 0 Å². The number of benzene rings is 1. The lowest BCUT2D eigenvalue weighted by atomic mass is 10.1. The minimum Gasteiger partial charge on any atom is -0.391 e. The summed E-state index contributed by atoms with van der Waals surface area (Å²) in [5.41, 5.74) is -0.944. The van der Waals surface area contributed by atoms with Crippen molar-refractivity contribution in [1.29, 1.82) is 0 Å². The number of halogens is 3. The summed E-state index contributed by atoms with van der Waals surface area (Å²) in [6.07, 6.45) is 2.60. The second-order valence-electron chi connectivity index (χ2n) is 6.84. The molecule has 2 aromatic heterocycles. The molecule has 4 rings (SSSR count). The van der Waals surface area contributed by atoms with Gasteiger partial charge in [-0.25, -0.2) is 15.0 Å². The zero-order chi connectivity index (χ0) is 19.0. The van der Waals surface area contributed by atoms with Gasteiger partial charge < -0.3 is 15.0 Å². The van der Waals surface area contributed by atoms with Crippen molar-refractivity contribution in [1.82, 2.24) is 19.5 Å². The van der Waals surface area contributed by atoms with Crippen LogP contribution < -0.4 is 5.32 Å². The Balaban J connectivity index is 1.57. The fourth-order valence-corrected chi connectivity index (χ4v) is 3.72. The predicted molar refractivity (Wildman–Crippen MR) is 92.9 cm³/mol. The van der Waals surface area contributed by atoms with Gasteiger partial charge in [0.2, 0.25) is 0 Å². The monoisotopic (exact) mass is 377 g/mol. The molecule has 0 amide bonds. The lowest BCUT2D eigenvalue weighted by Gasteiger charge is -2.19. The standard InChI is InChI=1S/C18H18F3N5O/c19-18(20,21)13-3-1-2-12-16(13)23-9-24-17(12)25-14-6-11(7-15(14)27)8-26-5-4-22-10-26/h1-5,9-11,14-15,27H,6-8H2,(H,23,24,25)/t11?,14-,15-/m1/s1. The van der Waals surface area contributed by atoms with E-state index in [9.17, 15) is 18.3 Å². The summed E-state index contributed by atoms with van der Waals surface area (Å²) < 4.78 is 41.6. The molecule has 3 aromatic rings. The number of imidazole rings is 1. The molecule has 1 aliphatic carbocycles. The fourth-order valence-electron chi connectivity index (χ4n) is 3.72. The van der Waals surface area contributed by atoms with Crippen LogP contribution in [0.25, 0.3) is 10.9 Å². The number of nitrogens with one attached hydrogen (secondary N) is 1. The molecule has 2 heterocycles. The third kappa shape index (κ3) is 3.59. The number of fused-ring (bicyclic) bond motifs is 1. The van der Waals surface area contributed by atoms with Gasteiger partial charge in [-0.15, -0.1) is 0 Å². The highest BCUT2D eigenvalue weighted by atomic mass is 19.4. The summed E-state index contributed by atoms with van der Waals surface area (Å²) in [4.78, 5) is 11.9. The van der Waals surface area contributed by atoms with E-state index in [1.807, 2.05) is 10.8 Å². The Labute approximate surface area is 153 Å². The molecule has 2 N–H and O–H groups in total. The molecule has 1 aromatic carbocycles. The van der Waals surface area contributed by atoms with Crippen LogP contribution in [0.3, 0.4) is 0 Å². The van der Waals surface area contributed by atoms with Gasteiger partial charge in [0.1, 0.15) is 12.1 Å². The fraction of sp³-hybridized carbons (Fsp3) is 0.389. The highest BCUT2D eigenvalue weighted by Crippen LogP contribution is 2.36. The van der Waals surface area contributed by atoms with Crippen LogP contribution >= 0.6 is 0 Å². The van der Waals surface area contributed by atoms with E-state index in [4.69, 9.17) is 0 Å². The minimum atomic E-state index is -4.49. The van der Waals surface area contributed by atoms with Crippen LogP contribution in [-0.4, -0.2) is 36.8 Å². The van der Waals surface area contributed by atoms with E-state index < -0.39 is 17.8 Å². The van der Waals surface area contributed by atoms with Gasteiger partial charge in [0.25, 0.3) is 0 Å². The van der Waals surface area contributed by atoms with E-state index in [0.29, 0.717) is 18.7 Å². The number of anilines is 1. The number of aliphatic hydroxyl groups is 1. The van der Waals surface area contributed by atoms with Crippen LogP contribution in [0.1, 0.15) is 18.4 Å². The zero-order valence-corrected chi connectivity index (χ0v) is 14.3. The molecule has 0 saturated heterocycles. The van der Waals surface area contributed by atoms with Crippen molar-refractivity contribution < 1.29 is 18.3 Å². The molecule has 6 nitrogen and oxygen atoms in total. The smallest absolute Gasteiger partial charge is 0.391 e. The van der Waals surface area contributed by atoms with Crippen LogP contribution in [0.15, 0.2) is 43.2 Å². The van der Waals surface area contributed by atoms with Gasteiger partial charge in [-0.05, 0) is 30.9 Å². The van der Waals surface area contributed by atoms with Crippen LogP contribution in [0.2, 0.25) is 0 Å². The molecule has 0 spiro atoms. The lowest BCUT2D eigenvalue weighted by molar-refractivity contribution is -0.136.